The number of hydrogen-bond acceptors (Lipinski definition) is 3. The third kappa shape index (κ3) is 3.48. The molecule has 2 N–H and O–H groups in total. The van der Waals surface area contributed by atoms with Crippen LogP contribution in [0.1, 0.15) is 32.6 Å². The Hall–Kier alpha value is -4.00. The van der Waals surface area contributed by atoms with Crippen molar-refractivity contribution in [3.63, 3.8) is 0 Å². The molecule has 2 aromatic heterocycles. The van der Waals surface area contributed by atoms with E-state index in [9.17, 15) is 13.6 Å². The van der Waals surface area contributed by atoms with Gasteiger partial charge in [0.05, 0.1) is 5.02 Å². The second-order valence-electron chi connectivity index (χ2n) is 9.82. The molecule has 0 aliphatic carbocycles. The molecule has 0 atom stereocenters. The number of nitrogens with one attached hydrogen (secondary N) is 2. The van der Waals surface area contributed by atoms with Gasteiger partial charge in [0.25, 0.3) is 5.91 Å². The van der Waals surface area contributed by atoms with Crippen molar-refractivity contribution in [3.05, 3.63) is 105 Å². The van der Waals surface area contributed by atoms with Crippen molar-refractivity contribution in [1.29, 1.82) is 0 Å². The van der Waals surface area contributed by atoms with Crippen LogP contribution >= 0.6 is 11.6 Å². The van der Waals surface area contributed by atoms with Crippen molar-refractivity contribution in [2.45, 2.75) is 26.6 Å². The van der Waals surface area contributed by atoms with Crippen molar-refractivity contribution >= 4 is 50.2 Å². The SMILES string of the molecule is Cc1cc2c(c(Cl)c1CNC(=O)c1ccc3c(c1)c1oc3c3ccc(-c4ccc(F)cc4F)cc31)CNC2. The molecule has 7 heteroatoms. The van der Waals surface area contributed by atoms with Crippen molar-refractivity contribution in [2.24, 2.45) is 0 Å². The predicted octanol–water partition coefficient (Wildman–Crippen LogP) is 7.62. The summed E-state index contributed by atoms with van der Waals surface area (Å²) in [4.78, 5) is 13.1. The standard InChI is InChI=1S/C31H21ClF2N2O2/c1-15-8-18-12-35-13-26(18)28(32)25(15)14-36-31(37)17-3-6-22-24(10-17)30-23-9-16(2-5-21(23)29(22)38-30)20-7-4-19(33)11-27(20)34/h2-11,35H,12-14H2,1H3,(H,36,37). The average molecular weight is 527 g/mol. The smallest absolute Gasteiger partial charge is 0.251 e. The molecular weight excluding hydrogens is 506 g/mol. The number of halogens is 3. The largest absolute Gasteiger partial charge is 0.455 e. The van der Waals surface area contributed by atoms with Gasteiger partial charge in [-0.15, -0.1) is 0 Å². The van der Waals surface area contributed by atoms with Gasteiger partial charge >= 0.3 is 0 Å². The summed E-state index contributed by atoms with van der Waals surface area (Å²) in [5.41, 5.74) is 7.07. The molecular formula is C31H21ClF2N2O2. The molecule has 188 valence electrons. The normalized spacial score (nSPS) is 13.2. The summed E-state index contributed by atoms with van der Waals surface area (Å²) in [5.74, 6) is -1.45. The monoisotopic (exact) mass is 526 g/mol. The van der Waals surface area contributed by atoms with E-state index in [4.69, 9.17) is 16.0 Å². The van der Waals surface area contributed by atoms with E-state index < -0.39 is 11.6 Å². The van der Waals surface area contributed by atoms with Gasteiger partial charge in [0.1, 0.15) is 22.8 Å². The van der Waals surface area contributed by atoms with E-state index in [-0.39, 0.29) is 5.91 Å². The zero-order chi connectivity index (χ0) is 26.1. The molecule has 1 aliphatic heterocycles. The first kappa shape index (κ1) is 23.1. The highest BCUT2D eigenvalue weighted by atomic mass is 35.5. The highest BCUT2D eigenvalue weighted by molar-refractivity contribution is 6.32. The van der Waals surface area contributed by atoms with Crippen LogP contribution in [0.25, 0.3) is 43.8 Å². The molecule has 4 nitrogen and oxygen atoms in total. The number of aryl methyl sites for hydroxylation is 1. The van der Waals surface area contributed by atoms with Crippen LogP contribution in [-0.2, 0) is 19.6 Å². The molecule has 0 saturated carbocycles. The lowest BCUT2D eigenvalue weighted by Gasteiger charge is -2.14. The van der Waals surface area contributed by atoms with Gasteiger partial charge in [0.15, 0.2) is 0 Å². The molecule has 6 aromatic rings. The number of furan rings is 2. The molecule has 0 saturated heterocycles. The molecule has 4 aromatic carbocycles. The van der Waals surface area contributed by atoms with Gasteiger partial charge in [-0.05, 0) is 77.2 Å². The van der Waals surface area contributed by atoms with E-state index in [1.165, 1.54) is 17.7 Å². The van der Waals surface area contributed by atoms with E-state index in [2.05, 4.69) is 16.7 Å². The van der Waals surface area contributed by atoms with Gasteiger partial charge in [0, 0.05) is 58.4 Å². The molecule has 2 bridgehead atoms. The molecule has 0 radical (unpaired) electrons. The lowest BCUT2D eigenvalue weighted by molar-refractivity contribution is 0.0951. The number of fused-ring (bicyclic) bond motifs is 9. The van der Waals surface area contributed by atoms with Gasteiger partial charge in [-0.25, -0.2) is 8.78 Å². The topological polar surface area (TPSA) is 54.3 Å². The predicted molar refractivity (Wildman–Crippen MR) is 146 cm³/mol. The number of benzene rings is 5. The maximum atomic E-state index is 14.4. The fourth-order valence-electron chi connectivity index (χ4n) is 5.60. The summed E-state index contributed by atoms with van der Waals surface area (Å²) < 4.78 is 34.0. The zero-order valence-electron chi connectivity index (χ0n) is 20.3. The summed E-state index contributed by atoms with van der Waals surface area (Å²) in [5, 5.41) is 10.5. The van der Waals surface area contributed by atoms with Crippen LogP contribution in [0, 0.1) is 18.6 Å². The molecule has 1 amide bonds. The second-order valence-corrected chi connectivity index (χ2v) is 10.2. The molecule has 38 heavy (non-hydrogen) atoms. The first-order chi connectivity index (χ1) is 18.4. The van der Waals surface area contributed by atoms with Crippen LogP contribution in [0.3, 0.4) is 0 Å². The van der Waals surface area contributed by atoms with Crippen LogP contribution in [0.5, 0.6) is 0 Å². The maximum absolute atomic E-state index is 14.4. The third-order valence-corrected chi connectivity index (χ3v) is 8.01. The lowest BCUT2D eigenvalue weighted by Crippen LogP contribution is -2.23. The van der Waals surface area contributed by atoms with Gasteiger partial charge < -0.3 is 15.1 Å². The summed E-state index contributed by atoms with van der Waals surface area (Å²) in [6, 6.07) is 16.7. The van der Waals surface area contributed by atoms with Gasteiger partial charge in [-0.1, -0.05) is 23.7 Å². The Balaban J connectivity index is 1.22. The van der Waals surface area contributed by atoms with E-state index >= 15 is 0 Å². The van der Waals surface area contributed by atoms with Gasteiger partial charge in [-0.3, -0.25) is 4.79 Å². The summed E-state index contributed by atoms with van der Waals surface area (Å²) in [6.07, 6.45) is 0. The molecule has 3 heterocycles. The Morgan fingerprint density at radius 1 is 0.947 bits per heavy atom. The first-order valence-electron chi connectivity index (χ1n) is 12.3. The Labute approximate surface area is 221 Å². The summed E-state index contributed by atoms with van der Waals surface area (Å²) in [6.45, 7) is 3.87. The molecule has 7 rings (SSSR count). The van der Waals surface area contributed by atoms with E-state index in [0.29, 0.717) is 33.8 Å². The quantitative estimate of drug-likeness (QED) is 0.232. The molecule has 0 spiro atoms. The number of carbonyl (C=O) groups is 1. The Morgan fingerprint density at radius 2 is 1.71 bits per heavy atom. The van der Waals surface area contributed by atoms with Crippen LogP contribution < -0.4 is 10.6 Å². The first-order valence-corrected chi connectivity index (χ1v) is 12.7. The maximum Gasteiger partial charge on any atom is 0.251 e. The summed E-state index contributed by atoms with van der Waals surface area (Å²) in [7, 11) is 0. The van der Waals surface area contributed by atoms with Gasteiger partial charge in [-0.2, -0.15) is 0 Å². The van der Waals surface area contributed by atoms with Crippen molar-refractivity contribution in [3.8, 4) is 11.1 Å². The lowest BCUT2D eigenvalue weighted by atomic mass is 9.97. The van der Waals surface area contributed by atoms with Crippen molar-refractivity contribution < 1.29 is 18.0 Å². The van der Waals surface area contributed by atoms with Gasteiger partial charge in [0.2, 0.25) is 0 Å². The molecule has 0 fully saturated rings. The van der Waals surface area contributed by atoms with Crippen LogP contribution in [0.15, 0.2) is 65.1 Å². The number of rotatable bonds is 4. The minimum atomic E-state index is -0.624. The van der Waals surface area contributed by atoms with Crippen LogP contribution in [0.2, 0.25) is 5.02 Å². The minimum absolute atomic E-state index is 0.211. The highest BCUT2D eigenvalue weighted by Gasteiger charge is 2.21. The summed E-state index contributed by atoms with van der Waals surface area (Å²) >= 11 is 6.67. The van der Waals surface area contributed by atoms with E-state index in [1.54, 1.807) is 12.1 Å². The Kier molecular flexibility index (Phi) is 5.18. The minimum Gasteiger partial charge on any atom is -0.455 e. The third-order valence-electron chi connectivity index (χ3n) is 7.55. The van der Waals surface area contributed by atoms with Crippen molar-refractivity contribution in [1.82, 2.24) is 10.6 Å². The van der Waals surface area contributed by atoms with Crippen LogP contribution in [-0.4, -0.2) is 5.91 Å². The Morgan fingerprint density at radius 3 is 2.53 bits per heavy atom. The van der Waals surface area contributed by atoms with E-state index in [1.807, 2.05) is 31.2 Å². The second kappa shape index (κ2) is 8.51. The molecule has 1 aliphatic rings. The average Bonchev–Trinajstić information content (AvgIpc) is 3.62. The van der Waals surface area contributed by atoms with E-state index in [0.717, 1.165) is 63.0 Å². The van der Waals surface area contributed by atoms with Crippen molar-refractivity contribution in [2.75, 3.05) is 0 Å². The number of hydrogen-bond donors (Lipinski definition) is 2. The fraction of sp³-hybridized carbons (Fsp3) is 0.129. The number of amides is 1. The zero-order valence-corrected chi connectivity index (χ0v) is 21.1. The fourth-order valence-corrected chi connectivity index (χ4v) is 6.00. The molecule has 0 unspecified atom stereocenters. The van der Waals surface area contributed by atoms with Crippen LogP contribution in [0.4, 0.5) is 8.78 Å². The number of carbonyl (C=O) groups excluding carboxylic acids is 1. The Bertz CT molecular complexity index is 1930. The highest BCUT2D eigenvalue weighted by Crippen LogP contribution is 2.42.